The van der Waals surface area contributed by atoms with E-state index in [9.17, 15) is 0 Å². The van der Waals surface area contributed by atoms with Crippen molar-refractivity contribution in [2.75, 3.05) is 5.43 Å². The van der Waals surface area contributed by atoms with Gasteiger partial charge in [0.1, 0.15) is 11.2 Å². The predicted octanol–water partition coefficient (Wildman–Crippen LogP) is 1.35. The van der Waals surface area contributed by atoms with Crippen molar-refractivity contribution in [3.05, 3.63) is 48.5 Å². The van der Waals surface area contributed by atoms with Crippen molar-refractivity contribution >= 4 is 22.9 Å². The lowest BCUT2D eigenvalue weighted by atomic mass is 10.3. The summed E-state index contributed by atoms with van der Waals surface area (Å²) >= 11 is 0. The van der Waals surface area contributed by atoms with Gasteiger partial charge in [0.05, 0.1) is 6.20 Å². The van der Waals surface area contributed by atoms with Crippen molar-refractivity contribution in [1.29, 1.82) is 0 Å². The molecule has 0 aliphatic carbocycles. The van der Waals surface area contributed by atoms with Gasteiger partial charge in [0.15, 0.2) is 11.4 Å². The summed E-state index contributed by atoms with van der Waals surface area (Å²) in [6, 6.07) is 7.69. The Hall–Kier alpha value is -2.96. The Kier molecular flexibility index (Phi) is 2.77. The van der Waals surface area contributed by atoms with Gasteiger partial charge in [-0.15, -0.1) is 0 Å². The highest BCUT2D eigenvalue weighted by atomic mass is 16.4. The molecule has 0 atom stereocenters. The lowest BCUT2D eigenvalue weighted by Crippen LogP contribution is -2.17. The molecule has 0 aliphatic rings. The van der Waals surface area contributed by atoms with Crippen LogP contribution in [0.15, 0.2) is 52.4 Å². The predicted molar refractivity (Wildman–Crippen MR) is 70.4 cm³/mol. The maximum atomic E-state index is 5.75. The Morgan fingerprint density at radius 3 is 2.95 bits per heavy atom. The van der Waals surface area contributed by atoms with Gasteiger partial charge in [0, 0.05) is 12.4 Å². The van der Waals surface area contributed by atoms with Crippen LogP contribution in [-0.2, 0) is 0 Å². The van der Waals surface area contributed by atoms with Crippen LogP contribution >= 0.6 is 0 Å². The highest BCUT2D eigenvalue weighted by molar-refractivity contribution is 5.95. The van der Waals surface area contributed by atoms with Crippen molar-refractivity contribution in [2.45, 2.75) is 0 Å². The minimum atomic E-state index is 0.204. The smallest absolute Gasteiger partial charge is 0.316 e. The summed E-state index contributed by atoms with van der Waals surface area (Å²) in [7, 11) is 0. The molecule has 0 aliphatic heterocycles. The van der Waals surface area contributed by atoms with Gasteiger partial charge in [-0.3, -0.25) is 4.98 Å². The van der Waals surface area contributed by atoms with Crippen LogP contribution in [-0.4, -0.2) is 20.8 Å². The number of rotatable bonds is 3. The van der Waals surface area contributed by atoms with Crippen molar-refractivity contribution in [3.63, 3.8) is 0 Å². The van der Waals surface area contributed by atoms with Gasteiger partial charge in [0.25, 0.3) is 0 Å². The molecule has 7 heteroatoms. The van der Waals surface area contributed by atoms with Crippen LogP contribution < -0.4 is 11.2 Å². The first kappa shape index (κ1) is 11.1. The zero-order valence-electron chi connectivity index (χ0n) is 9.82. The molecule has 0 fully saturated rings. The van der Waals surface area contributed by atoms with Crippen molar-refractivity contribution < 1.29 is 4.42 Å². The van der Waals surface area contributed by atoms with E-state index in [1.807, 2.05) is 24.3 Å². The molecule has 3 aromatic rings. The molecule has 2 aromatic heterocycles. The van der Waals surface area contributed by atoms with Crippen LogP contribution in [0.25, 0.3) is 11.1 Å². The zero-order valence-corrected chi connectivity index (χ0v) is 9.82. The number of hydrogen-bond acceptors (Lipinski definition) is 6. The Labute approximate surface area is 108 Å². The summed E-state index contributed by atoms with van der Waals surface area (Å²) in [5.41, 5.74) is 10.3. The first-order chi connectivity index (χ1) is 9.33. The number of oxazole rings is 1. The fourth-order valence-corrected chi connectivity index (χ4v) is 1.52. The first-order valence-electron chi connectivity index (χ1n) is 5.54. The number of hydrogen-bond donors (Lipinski definition) is 2. The number of fused-ring (bicyclic) bond motifs is 1. The SMILES string of the molecule is N/C(=N\Nc1nc2ccccc2o1)c1cnccn1. The van der Waals surface area contributed by atoms with Gasteiger partial charge in [-0.1, -0.05) is 12.1 Å². The monoisotopic (exact) mass is 254 g/mol. The molecule has 1 aromatic carbocycles. The minimum Gasteiger partial charge on any atom is -0.422 e. The largest absolute Gasteiger partial charge is 0.422 e. The lowest BCUT2D eigenvalue weighted by Gasteiger charge is -1.98. The quantitative estimate of drug-likeness (QED) is 0.415. The summed E-state index contributed by atoms with van der Waals surface area (Å²) < 4.78 is 5.43. The number of anilines is 1. The molecular weight excluding hydrogens is 244 g/mol. The maximum absolute atomic E-state index is 5.75. The minimum absolute atomic E-state index is 0.204. The normalized spacial score (nSPS) is 11.7. The van der Waals surface area contributed by atoms with E-state index in [4.69, 9.17) is 10.2 Å². The molecule has 0 saturated carbocycles. The Bertz CT molecular complexity index is 688. The van der Waals surface area contributed by atoms with E-state index in [1.165, 1.54) is 12.4 Å². The van der Waals surface area contributed by atoms with Gasteiger partial charge in [-0.25, -0.2) is 10.4 Å². The van der Waals surface area contributed by atoms with Crippen molar-refractivity contribution in [1.82, 2.24) is 15.0 Å². The number of para-hydroxylation sites is 2. The summed E-state index contributed by atoms with van der Waals surface area (Å²) in [5.74, 6) is 0.204. The summed E-state index contributed by atoms with van der Waals surface area (Å²) in [6.07, 6.45) is 4.62. The second kappa shape index (κ2) is 4.73. The van der Waals surface area contributed by atoms with Gasteiger partial charge < -0.3 is 10.2 Å². The fraction of sp³-hybridized carbons (Fsp3) is 0. The molecule has 7 nitrogen and oxygen atoms in total. The zero-order chi connectivity index (χ0) is 13.1. The third-order valence-corrected chi connectivity index (χ3v) is 2.39. The third kappa shape index (κ3) is 2.34. The number of aromatic nitrogens is 3. The second-order valence-electron chi connectivity index (χ2n) is 3.69. The third-order valence-electron chi connectivity index (χ3n) is 2.39. The Morgan fingerprint density at radius 2 is 2.16 bits per heavy atom. The number of benzene rings is 1. The molecule has 19 heavy (non-hydrogen) atoms. The molecule has 0 amide bonds. The topological polar surface area (TPSA) is 102 Å². The number of nitrogens with two attached hydrogens (primary N) is 1. The van der Waals surface area contributed by atoms with Crippen molar-refractivity contribution in [3.8, 4) is 0 Å². The van der Waals surface area contributed by atoms with E-state index in [2.05, 4.69) is 25.5 Å². The van der Waals surface area contributed by atoms with Crippen LogP contribution in [0.3, 0.4) is 0 Å². The molecule has 0 unspecified atom stereocenters. The lowest BCUT2D eigenvalue weighted by molar-refractivity contribution is 0.617. The highest BCUT2D eigenvalue weighted by Crippen LogP contribution is 2.17. The van der Waals surface area contributed by atoms with E-state index in [0.717, 1.165) is 5.52 Å². The van der Waals surface area contributed by atoms with Crippen LogP contribution in [0.5, 0.6) is 0 Å². The average Bonchev–Trinajstić information content (AvgIpc) is 2.88. The molecule has 0 spiro atoms. The molecule has 0 bridgehead atoms. The fourth-order valence-electron chi connectivity index (χ4n) is 1.52. The maximum Gasteiger partial charge on any atom is 0.316 e. The van der Waals surface area contributed by atoms with E-state index < -0.39 is 0 Å². The molecular formula is C12H10N6O. The molecule has 2 heterocycles. The molecule has 0 saturated heterocycles. The summed E-state index contributed by atoms with van der Waals surface area (Å²) in [5, 5.41) is 3.95. The van der Waals surface area contributed by atoms with E-state index in [1.54, 1.807) is 6.20 Å². The number of amidine groups is 1. The average molecular weight is 254 g/mol. The van der Waals surface area contributed by atoms with E-state index in [0.29, 0.717) is 11.3 Å². The second-order valence-corrected chi connectivity index (χ2v) is 3.69. The summed E-state index contributed by atoms with van der Waals surface area (Å²) in [6.45, 7) is 0. The van der Waals surface area contributed by atoms with E-state index in [-0.39, 0.29) is 11.9 Å². The van der Waals surface area contributed by atoms with Gasteiger partial charge in [0.2, 0.25) is 0 Å². The van der Waals surface area contributed by atoms with Gasteiger partial charge in [-0.05, 0) is 12.1 Å². The highest BCUT2D eigenvalue weighted by Gasteiger charge is 2.04. The first-order valence-corrected chi connectivity index (χ1v) is 5.54. The van der Waals surface area contributed by atoms with Crippen LogP contribution in [0, 0.1) is 0 Å². The van der Waals surface area contributed by atoms with Gasteiger partial charge in [-0.2, -0.15) is 10.1 Å². The molecule has 3 N–H and O–H groups in total. The molecule has 94 valence electrons. The summed E-state index contributed by atoms with van der Waals surface area (Å²) in [4.78, 5) is 12.1. The van der Waals surface area contributed by atoms with Crippen LogP contribution in [0.1, 0.15) is 5.69 Å². The molecule has 0 radical (unpaired) electrons. The molecule has 3 rings (SSSR count). The van der Waals surface area contributed by atoms with Gasteiger partial charge >= 0.3 is 6.01 Å². The van der Waals surface area contributed by atoms with Crippen molar-refractivity contribution in [2.24, 2.45) is 10.8 Å². The Morgan fingerprint density at radius 1 is 1.26 bits per heavy atom. The standard InChI is InChI=1S/C12H10N6O/c13-11(9-7-14-5-6-15-9)17-18-12-16-8-3-1-2-4-10(8)19-12/h1-7H,(H2,13,17)(H,16,18). The number of nitrogens with one attached hydrogen (secondary N) is 1. The van der Waals surface area contributed by atoms with E-state index >= 15 is 0 Å². The van der Waals surface area contributed by atoms with Crippen LogP contribution in [0.2, 0.25) is 0 Å². The Balaban J connectivity index is 1.82. The number of hydrazone groups is 1. The van der Waals surface area contributed by atoms with Crippen LogP contribution in [0.4, 0.5) is 6.01 Å². The number of nitrogens with zero attached hydrogens (tertiary/aromatic N) is 4.